The number of benzene rings is 1. The highest BCUT2D eigenvalue weighted by Gasteiger charge is 2.16. The summed E-state index contributed by atoms with van der Waals surface area (Å²) in [6, 6.07) is 8.05. The average Bonchev–Trinajstić information content (AvgIpc) is 3.23. The molecule has 9 heteroatoms. The van der Waals surface area contributed by atoms with Crippen molar-refractivity contribution < 1.29 is 5.11 Å². The third-order valence-corrected chi connectivity index (χ3v) is 5.07. The Morgan fingerprint density at radius 1 is 1.03 bits per heavy atom. The van der Waals surface area contributed by atoms with Crippen LogP contribution in [0.1, 0.15) is 33.2 Å². The summed E-state index contributed by atoms with van der Waals surface area (Å²) in [5.41, 5.74) is 4.28. The fourth-order valence-corrected chi connectivity index (χ4v) is 3.24. The molecule has 3 heterocycles. The van der Waals surface area contributed by atoms with Crippen LogP contribution in [-0.4, -0.2) is 47.2 Å². The van der Waals surface area contributed by atoms with E-state index in [9.17, 15) is 5.11 Å². The lowest BCUT2D eigenvalue weighted by molar-refractivity contribution is 0.271. The first-order valence-electron chi connectivity index (χ1n) is 10.3. The van der Waals surface area contributed by atoms with Gasteiger partial charge in [0.25, 0.3) is 0 Å². The molecule has 0 saturated carbocycles. The molecule has 0 aliphatic rings. The average molecular weight is 419 g/mol. The molecule has 0 fully saturated rings. The van der Waals surface area contributed by atoms with Gasteiger partial charge in [-0.1, -0.05) is 19.1 Å². The van der Waals surface area contributed by atoms with E-state index in [-0.39, 0.29) is 18.7 Å². The molecular weight excluding hydrogens is 392 g/mol. The maximum absolute atomic E-state index is 9.57. The van der Waals surface area contributed by atoms with Crippen molar-refractivity contribution >= 4 is 28.6 Å². The second-order valence-corrected chi connectivity index (χ2v) is 7.58. The van der Waals surface area contributed by atoms with Crippen molar-refractivity contribution in [3.8, 4) is 11.1 Å². The van der Waals surface area contributed by atoms with Gasteiger partial charge in [-0.15, -0.1) is 0 Å². The second kappa shape index (κ2) is 9.05. The Bertz CT molecular complexity index is 1140. The van der Waals surface area contributed by atoms with Crippen LogP contribution in [-0.2, 0) is 0 Å². The molecule has 1 aromatic carbocycles. The Hall–Kier alpha value is -3.59. The first-order valence-corrected chi connectivity index (χ1v) is 10.3. The molecule has 0 saturated heterocycles. The zero-order valence-corrected chi connectivity index (χ0v) is 17.8. The van der Waals surface area contributed by atoms with Gasteiger partial charge < -0.3 is 20.3 Å². The number of hydrogen-bond acceptors (Lipinski definition) is 8. The first kappa shape index (κ1) is 20.7. The van der Waals surface area contributed by atoms with Crippen LogP contribution < -0.4 is 10.6 Å². The van der Waals surface area contributed by atoms with E-state index in [1.54, 1.807) is 18.7 Å². The quantitative estimate of drug-likeness (QED) is 0.396. The normalized spacial score (nSPS) is 12.3. The minimum atomic E-state index is -0.118. The van der Waals surface area contributed by atoms with E-state index >= 15 is 0 Å². The highest BCUT2D eigenvalue weighted by atomic mass is 16.3. The summed E-state index contributed by atoms with van der Waals surface area (Å²) in [6.45, 7) is 6.17. The topological polar surface area (TPSA) is 114 Å². The molecule has 3 N–H and O–H groups in total. The lowest BCUT2D eigenvalue weighted by atomic mass is 10.1. The van der Waals surface area contributed by atoms with E-state index in [0.717, 1.165) is 28.9 Å². The Morgan fingerprint density at radius 2 is 1.77 bits per heavy atom. The molecular formula is C22H26N8O. The van der Waals surface area contributed by atoms with Crippen molar-refractivity contribution in [2.45, 2.75) is 39.3 Å². The smallest absolute Gasteiger partial charge is 0.227 e. The van der Waals surface area contributed by atoms with Crippen LogP contribution in [0.5, 0.6) is 0 Å². The van der Waals surface area contributed by atoms with Crippen molar-refractivity contribution in [1.82, 2.24) is 29.5 Å². The monoisotopic (exact) mass is 418 g/mol. The Morgan fingerprint density at radius 3 is 2.42 bits per heavy atom. The molecule has 4 rings (SSSR count). The maximum atomic E-state index is 9.57. The molecule has 160 valence electrons. The number of rotatable bonds is 8. The molecule has 3 aromatic heterocycles. The predicted octanol–water partition coefficient (Wildman–Crippen LogP) is 3.79. The summed E-state index contributed by atoms with van der Waals surface area (Å²) >= 11 is 0. The third-order valence-electron chi connectivity index (χ3n) is 5.07. The van der Waals surface area contributed by atoms with Gasteiger partial charge in [-0.3, -0.25) is 0 Å². The first-order chi connectivity index (χ1) is 15.1. The summed E-state index contributed by atoms with van der Waals surface area (Å²) < 4.78 is 2.01. The van der Waals surface area contributed by atoms with Gasteiger partial charge in [0.1, 0.15) is 6.33 Å². The molecule has 0 aliphatic carbocycles. The van der Waals surface area contributed by atoms with Crippen molar-refractivity contribution in [3.05, 3.63) is 49.3 Å². The number of fused-ring (bicyclic) bond motifs is 1. The van der Waals surface area contributed by atoms with Crippen LogP contribution in [0.2, 0.25) is 0 Å². The summed E-state index contributed by atoms with van der Waals surface area (Å²) in [4.78, 5) is 22.0. The number of hydrogen-bond donors (Lipinski definition) is 3. The zero-order valence-electron chi connectivity index (χ0n) is 17.8. The van der Waals surface area contributed by atoms with Gasteiger partial charge in [0, 0.05) is 29.7 Å². The molecule has 31 heavy (non-hydrogen) atoms. The van der Waals surface area contributed by atoms with Gasteiger partial charge in [0.05, 0.1) is 19.0 Å². The fourth-order valence-electron chi connectivity index (χ4n) is 3.24. The van der Waals surface area contributed by atoms with Crippen LogP contribution in [0.3, 0.4) is 0 Å². The van der Waals surface area contributed by atoms with Gasteiger partial charge in [0.15, 0.2) is 17.0 Å². The number of aromatic nitrogens is 6. The number of aliphatic hydroxyl groups is 1. The highest BCUT2D eigenvalue weighted by Crippen LogP contribution is 2.27. The van der Waals surface area contributed by atoms with Crippen LogP contribution >= 0.6 is 0 Å². The van der Waals surface area contributed by atoms with E-state index in [1.807, 2.05) is 35.8 Å². The van der Waals surface area contributed by atoms with Gasteiger partial charge in [-0.05, 0) is 38.0 Å². The lowest BCUT2D eigenvalue weighted by Gasteiger charge is -2.16. The van der Waals surface area contributed by atoms with Crippen LogP contribution in [0.15, 0.2) is 49.3 Å². The largest absolute Gasteiger partial charge is 0.394 e. The number of aliphatic hydroxyl groups excluding tert-OH is 1. The Kier molecular flexibility index (Phi) is 6.03. The summed E-state index contributed by atoms with van der Waals surface area (Å²) in [5, 5.41) is 16.2. The molecule has 0 amide bonds. The lowest BCUT2D eigenvalue weighted by Crippen LogP contribution is -2.24. The van der Waals surface area contributed by atoms with Gasteiger partial charge in [-0.2, -0.15) is 9.97 Å². The second-order valence-electron chi connectivity index (χ2n) is 7.58. The minimum Gasteiger partial charge on any atom is -0.394 e. The van der Waals surface area contributed by atoms with E-state index in [1.165, 1.54) is 6.33 Å². The van der Waals surface area contributed by atoms with Crippen molar-refractivity contribution in [2.24, 2.45) is 0 Å². The van der Waals surface area contributed by atoms with E-state index in [4.69, 9.17) is 0 Å². The van der Waals surface area contributed by atoms with E-state index in [2.05, 4.69) is 49.4 Å². The van der Waals surface area contributed by atoms with E-state index < -0.39 is 0 Å². The standard InChI is InChI=1S/C22H26N8O/c1-4-17(11-31)27-22-28-20(19-21(29-22)30(13-25-19)14(2)3)26-18-7-5-15(6-8-18)16-9-23-12-24-10-16/h5-10,12-14,17,31H,4,11H2,1-3H3,(H2,26,27,28,29)/t17-/m1/s1. The molecule has 0 spiro atoms. The highest BCUT2D eigenvalue weighted by molar-refractivity contribution is 5.87. The molecule has 4 aromatic rings. The molecule has 0 bridgehead atoms. The maximum Gasteiger partial charge on any atom is 0.227 e. The van der Waals surface area contributed by atoms with Crippen LogP contribution in [0, 0.1) is 0 Å². The zero-order chi connectivity index (χ0) is 21.8. The number of anilines is 3. The predicted molar refractivity (Wildman–Crippen MR) is 121 cm³/mol. The molecule has 0 radical (unpaired) electrons. The van der Waals surface area contributed by atoms with Crippen molar-refractivity contribution in [1.29, 1.82) is 0 Å². The van der Waals surface area contributed by atoms with E-state index in [0.29, 0.717) is 17.3 Å². The Labute approximate surface area is 180 Å². The summed E-state index contributed by atoms with van der Waals surface area (Å²) in [5.74, 6) is 1.06. The number of nitrogens with one attached hydrogen (secondary N) is 2. The minimum absolute atomic E-state index is 0.00869. The van der Waals surface area contributed by atoms with Crippen LogP contribution in [0.25, 0.3) is 22.3 Å². The molecule has 0 unspecified atom stereocenters. The van der Waals surface area contributed by atoms with Gasteiger partial charge >= 0.3 is 0 Å². The summed E-state index contributed by atoms with van der Waals surface area (Å²) in [6.07, 6.45) is 7.62. The number of imidazole rings is 1. The molecule has 0 aliphatic heterocycles. The van der Waals surface area contributed by atoms with Gasteiger partial charge in [-0.25, -0.2) is 15.0 Å². The molecule has 1 atom stereocenters. The Balaban J connectivity index is 1.68. The third kappa shape index (κ3) is 4.46. The van der Waals surface area contributed by atoms with Crippen molar-refractivity contribution in [2.75, 3.05) is 17.2 Å². The van der Waals surface area contributed by atoms with Crippen molar-refractivity contribution in [3.63, 3.8) is 0 Å². The summed E-state index contributed by atoms with van der Waals surface area (Å²) in [7, 11) is 0. The fraction of sp³-hybridized carbons (Fsp3) is 0.318. The SMILES string of the molecule is CC[C@H](CO)Nc1nc(Nc2ccc(-c3cncnc3)cc2)c2ncn(C(C)C)c2n1. The van der Waals surface area contributed by atoms with Crippen LogP contribution in [0.4, 0.5) is 17.5 Å². The van der Waals surface area contributed by atoms with Gasteiger partial charge in [0.2, 0.25) is 5.95 Å². The molecule has 9 nitrogen and oxygen atoms in total. The number of nitrogens with zero attached hydrogens (tertiary/aromatic N) is 6.